The van der Waals surface area contributed by atoms with Crippen LogP contribution in [0.3, 0.4) is 0 Å². The Hall–Kier alpha value is -2.57. The van der Waals surface area contributed by atoms with Gasteiger partial charge in [0.1, 0.15) is 11.6 Å². The first-order valence-electron chi connectivity index (χ1n) is 5.59. The van der Waals surface area contributed by atoms with Gasteiger partial charge in [0.25, 0.3) is 0 Å². The minimum atomic E-state index is -1.25. The van der Waals surface area contributed by atoms with Crippen LogP contribution in [-0.2, 0) is 6.54 Å². The van der Waals surface area contributed by atoms with E-state index >= 15 is 0 Å². The molecule has 20 heavy (non-hydrogen) atoms. The lowest BCUT2D eigenvalue weighted by Gasteiger charge is -2.08. The Bertz CT molecular complexity index is 662. The van der Waals surface area contributed by atoms with Crippen molar-refractivity contribution in [1.82, 2.24) is 0 Å². The zero-order chi connectivity index (χ0) is 14.7. The Morgan fingerprint density at radius 3 is 2.40 bits per heavy atom. The van der Waals surface area contributed by atoms with Crippen molar-refractivity contribution in [2.24, 2.45) is 0 Å². The van der Waals surface area contributed by atoms with Crippen molar-refractivity contribution in [3.8, 4) is 0 Å². The molecule has 1 N–H and O–H groups in total. The predicted molar refractivity (Wildman–Crippen MR) is 66.7 cm³/mol. The maximum Gasteiger partial charge on any atom is 0.305 e. The van der Waals surface area contributed by atoms with Gasteiger partial charge in [0.2, 0.25) is 5.82 Å². The zero-order valence-electron chi connectivity index (χ0n) is 10.1. The average molecular weight is 282 g/mol. The molecule has 0 aromatic heterocycles. The number of benzene rings is 2. The highest BCUT2D eigenvalue weighted by Crippen LogP contribution is 2.22. The third-order valence-corrected chi connectivity index (χ3v) is 2.66. The molecule has 0 unspecified atom stereocenters. The van der Waals surface area contributed by atoms with E-state index in [1.807, 2.05) is 0 Å². The first-order valence-corrected chi connectivity index (χ1v) is 5.59. The van der Waals surface area contributed by atoms with Gasteiger partial charge >= 0.3 is 5.69 Å². The van der Waals surface area contributed by atoms with Crippen LogP contribution in [0.15, 0.2) is 36.4 Å². The molecule has 2 rings (SSSR count). The van der Waals surface area contributed by atoms with E-state index in [0.717, 1.165) is 6.07 Å². The Balaban J connectivity index is 2.24. The molecule has 0 bridgehead atoms. The van der Waals surface area contributed by atoms with Crippen LogP contribution < -0.4 is 5.32 Å². The van der Waals surface area contributed by atoms with E-state index in [9.17, 15) is 23.3 Å². The molecule has 2 aromatic rings. The van der Waals surface area contributed by atoms with Crippen molar-refractivity contribution < 1.29 is 18.1 Å². The quantitative estimate of drug-likeness (QED) is 0.688. The summed E-state index contributed by atoms with van der Waals surface area (Å²) in [4.78, 5) is 9.63. The van der Waals surface area contributed by atoms with Gasteiger partial charge in [-0.15, -0.1) is 0 Å². The fourth-order valence-electron chi connectivity index (χ4n) is 1.65. The number of hydrogen-bond acceptors (Lipinski definition) is 3. The molecule has 0 amide bonds. The number of nitro benzene ring substituents is 1. The van der Waals surface area contributed by atoms with Crippen molar-refractivity contribution in [3.05, 3.63) is 69.5 Å². The van der Waals surface area contributed by atoms with Gasteiger partial charge in [-0.05, 0) is 12.1 Å². The summed E-state index contributed by atoms with van der Waals surface area (Å²) in [6.07, 6.45) is 0. The topological polar surface area (TPSA) is 55.2 Å². The molecule has 0 fully saturated rings. The van der Waals surface area contributed by atoms with Crippen LogP contribution in [0.4, 0.5) is 24.5 Å². The number of rotatable bonds is 4. The highest BCUT2D eigenvalue weighted by Gasteiger charge is 2.18. The molecule has 0 saturated heterocycles. The molecule has 104 valence electrons. The Morgan fingerprint density at radius 1 is 1.05 bits per heavy atom. The molecule has 2 aromatic carbocycles. The number of halogens is 3. The van der Waals surface area contributed by atoms with Gasteiger partial charge in [0, 0.05) is 24.2 Å². The summed E-state index contributed by atoms with van der Waals surface area (Å²) < 4.78 is 40.0. The Labute approximate surface area is 112 Å². The second-order valence-corrected chi connectivity index (χ2v) is 3.99. The van der Waals surface area contributed by atoms with Gasteiger partial charge in [-0.2, -0.15) is 4.39 Å². The van der Waals surface area contributed by atoms with E-state index in [2.05, 4.69) is 5.32 Å². The highest BCUT2D eigenvalue weighted by atomic mass is 19.1. The fourth-order valence-corrected chi connectivity index (χ4v) is 1.65. The van der Waals surface area contributed by atoms with Crippen molar-refractivity contribution in [1.29, 1.82) is 0 Å². The van der Waals surface area contributed by atoms with Gasteiger partial charge in [-0.25, -0.2) is 8.78 Å². The first kappa shape index (κ1) is 13.9. The number of nitrogens with one attached hydrogen (secondary N) is 1. The van der Waals surface area contributed by atoms with Gasteiger partial charge < -0.3 is 5.32 Å². The normalized spacial score (nSPS) is 10.3. The van der Waals surface area contributed by atoms with Crippen LogP contribution in [-0.4, -0.2) is 4.92 Å². The number of nitrogens with zero attached hydrogens (tertiary/aromatic N) is 1. The lowest BCUT2D eigenvalue weighted by molar-refractivity contribution is -0.387. The Morgan fingerprint density at radius 2 is 1.75 bits per heavy atom. The minimum Gasteiger partial charge on any atom is -0.378 e. The van der Waals surface area contributed by atoms with Gasteiger partial charge in [0.15, 0.2) is 0 Å². The van der Waals surface area contributed by atoms with E-state index < -0.39 is 28.1 Å². The second kappa shape index (κ2) is 5.60. The van der Waals surface area contributed by atoms with Crippen molar-refractivity contribution in [3.63, 3.8) is 0 Å². The van der Waals surface area contributed by atoms with Crippen LogP contribution in [0, 0.1) is 27.6 Å². The average Bonchev–Trinajstić information content (AvgIpc) is 2.39. The highest BCUT2D eigenvalue weighted by molar-refractivity contribution is 5.46. The van der Waals surface area contributed by atoms with Crippen molar-refractivity contribution in [2.75, 3.05) is 5.32 Å². The monoisotopic (exact) mass is 282 g/mol. The lowest BCUT2D eigenvalue weighted by Crippen LogP contribution is -2.05. The van der Waals surface area contributed by atoms with Gasteiger partial charge in [-0.1, -0.05) is 12.1 Å². The first-order chi connectivity index (χ1) is 9.49. The summed E-state index contributed by atoms with van der Waals surface area (Å²) in [5.74, 6) is -2.72. The molecule has 0 radical (unpaired) electrons. The third-order valence-electron chi connectivity index (χ3n) is 2.66. The van der Waals surface area contributed by atoms with Crippen LogP contribution in [0.1, 0.15) is 5.56 Å². The predicted octanol–water partition coefficient (Wildman–Crippen LogP) is 3.62. The molecule has 7 heteroatoms. The van der Waals surface area contributed by atoms with E-state index in [1.165, 1.54) is 18.2 Å². The molecule has 0 aliphatic heterocycles. The molecule has 4 nitrogen and oxygen atoms in total. The SMILES string of the molecule is O=[N+]([O-])c1cc(CNc2ccccc2F)c(F)cc1F. The van der Waals surface area contributed by atoms with Crippen LogP contribution in [0.25, 0.3) is 0 Å². The fraction of sp³-hybridized carbons (Fsp3) is 0.0769. The molecule has 0 aliphatic rings. The summed E-state index contributed by atoms with van der Waals surface area (Å²) in [6, 6.07) is 6.95. The van der Waals surface area contributed by atoms with E-state index in [0.29, 0.717) is 6.07 Å². The molecule has 0 atom stereocenters. The van der Waals surface area contributed by atoms with Crippen molar-refractivity contribution in [2.45, 2.75) is 6.54 Å². The second-order valence-electron chi connectivity index (χ2n) is 3.99. The van der Waals surface area contributed by atoms with Gasteiger partial charge in [0.05, 0.1) is 10.6 Å². The summed E-state index contributed by atoms with van der Waals surface area (Å²) in [7, 11) is 0. The van der Waals surface area contributed by atoms with Crippen molar-refractivity contribution >= 4 is 11.4 Å². The van der Waals surface area contributed by atoms with E-state index in [1.54, 1.807) is 6.07 Å². The summed E-state index contributed by atoms with van der Waals surface area (Å²) >= 11 is 0. The molecule has 0 aliphatic carbocycles. The maximum atomic E-state index is 13.5. The molecule has 0 spiro atoms. The summed E-state index contributed by atoms with van der Waals surface area (Å²) in [5, 5.41) is 13.2. The number of anilines is 1. The number of hydrogen-bond donors (Lipinski definition) is 1. The van der Waals surface area contributed by atoms with E-state index in [4.69, 9.17) is 0 Å². The molecular weight excluding hydrogens is 273 g/mol. The third kappa shape index (κ3) is 2.87. The number of nitro groups is 1. The molecule has 0 heterocycles. The summed E-state index contributed by atoms with van der Waals surface area (Å²) in [5.41, 5.74) is -0.822. The standard InChI is InChI=1S/C13H9F3N2O2/c14-9-3-1-2-4-12(9)17-7-8-5-13(18(19)20)11(16)6-10(8)15/h1-6,17H,7H2. The smallest absolute Gasteiger partial charge is 0.305 e. The van der Waals surface area contributed by atoms with E-state index in [-0.39, 0.29) is 17.8 Å². The summed E-state index contributed by atoms with van der Waals surface area (Å²) in [6.45, 7) is -0.201. The lowest BCUT2D eigenvalue weighted by atomic mass is 10.1. The zero-order valence-corrected chi connectivity index (χ0v) is 10.1. The Kier molecular flexibility index (Phi) is 3.88. The van der Waals surface area contributed by atoms with Crippen LogP contribution in [0.2, 0.25) is 0 Å². The van der Waals surface area contributed by atoms with Crippen LogP contribution in [0.5, 0.6) is 0 Å². The number of para-hydroxylation sites is 1. The molecular formula is C13H9F3N2O2. The molecule has 0 saturated carbocycles. The van der Waals surface area contributed by atoms with Gasteiger partial charge in [-0.3, -0.25) is 10.1 Å². The largest absolute Gasteiger partial charge is 0.378 e. The minimum absolute atomic E-state index is 0.124. The van der Waals surface area contributed by atoms with Crippen LogP contribution >= 0.6 is 0 Å². The maximum absolute atomic E-state index is 13.5.